The van der Waals surface area contributed by atoms with Crippen LogP contribution in [0, 0.1) is 13.8 Å². The van der Waals surface area contributed by atoms with E-state index in [4.69, 9.17) is 18.9 Å². The number of carbonyl (C=O) groups excluding carboxylic acids is 5. The first-order valence-electron chi connectivity index (χ1n) is 20.0. The van der Waals surface area contributed by atoms with Gasteiger partial charge >= 0.3 is 36.8 Å². The fourth-order valence-corrected chi connectivity index (χ4v) is 7.45. The van der Waals surface area contributed by atoms with Gasteiger partial charge in [0.15, 0.2) is 6.61 Å². The summed E-state index contributed by atoms with van der Waals surface area (Å²) in [7, 11) is 0. The van der Waals surface area contributed by atoms with Crippen LogP contribution in [0.3, 0.4) is 0 Å². The first-order valence-corrected chi connectivity index (χ1v) is 21.1. The Kier molecular flexibility index (Phi) is 15.9. The second kappa shape index (κ2) is 20.7. The minimum absolute atomic E-state index is 0.0677. The lowest BCUT2D eigenvalue weighted by atomic mass is 10.0. The van der Waals surface area contributed by atoms with Crippen LogP contribution in [0.2, 0.25) is 0 Å². The summed E-state index contributed by atoms with van der Waals surface area (Å²) in [6, 6.07) is 17.5. The van der Waals surface area contributed by atoms with Gasteiger partial charge in [-0.3, -0.25) is 9.59 Å². The number of rotatable bonds is 7. The molecule has 6 atom stereocenters. The Labute approximate surface area is 385 Å². The van der Waals surface area contributed by atoms with Crippen LogP contribution in [0.1, 0.15) is 83.6 Å². The molecule has 360 valence electrons. The summed E-state index contributed by atoms with van der Waals surface area (Å²) in [6.07, 6.45) is -18.3. The maximum Gasteiger partial charge on any atom is 0.417 e. The molecular weight excluding hydrogens is 977 g/mol. The van der Waals surface area contributed by atoms with Gasteiger partial charge in [-0.1, -0.05) is 64.5 Å². The number of alkyl halides is 10. The Morgan fingerprint density at radius 2 is 1.01 bits per heavy atom. The molecule has 22 heteroatoms. The molecule has 1 N–H and O–H groups in total. The van der Waals surface area contributed by atoms with Crippen molar-refractivity contribution in [2.45, 2.75) is 89.6 Å². The molecule has 3 aliphatic heterocycles. The lowest BCUT2D eigenvalue weighted by molar-refractivity contribution is -0.138. The van der Waals surface area contributed by atoms with Gasteiger partial charge in [-0.15, -0.1) is 0 Å². The lowest BCUT2D eigenvalue weighted by Gasteiger charge is -2.20. The van der Waals surface area contributed by atoms with Crippen LogP contribution in [0.5, 0.6) is 5.75 Å². The number of halogens is 10. The minimum Gasteiger partial charge on any atom is -0.483 e. The van der Waals surface area contributed by atoms with E-state index in [0.29, 0.717) is 11.3 Å². The first kappa shape index (κ1) is 51.7. The SMILES string of the molecule is C[C@@H]1NC(=O)O[C@@H]1c1cccc(C(F)(F)F)c1.C[C@H]1[C@@H](c2cccc(C(F)(F)F)c2)OC(=O)N1C(=O)CBr.Cc1cccc(OCC(=O)N2C(=O)O[C@H](c3cccc(C(F)(F)F)c3)[C@@H]2C)c1C. The molecule has 12 nitrogen and oxygen atoms in total. The Morgan fingerprint density at radius 3 is 1.40 bits per heavy atom. The monoisotopic (exact) mass is 1020 g/mol. The van der Waals surface area contributed by atoms with E-state index in [2.05, 4.69) is 21.2 Å². The molecule has 3 heterocycles. The summed E-state index contributed by atoms with van der Waals surface area (Å²) in [5.41, 5.74) is 0.167. The molecule has 4 aromatic rings. The van der Waals surface area contributed by atoms with Gasteiger partial charge in [-0.25, -0.2) is 24.2 Å². The predicted octanol–water partition coefficient (Wildman–Crippen LogP) is 11.2. The summed E-state index contributed by atoms with van der Waals surface area (Å²) < 4.78 is 135. The van der Waals surface area contributed by atoms with Crippen molar-refractivity contribution >= 4 is 46.0 Å². The van der Waals surface area contributed by atoms with Crippen LogP contribution in [0.15, 0.2) is 91.0 Å². The smallest absolute Gasteiger partial charge is 0.417 e. The lowest BCUT2D eigenvalue weighted by Crippen LogP contribution is -2.40. The molecular formula is C45H41BrF9N3O9. The van der Waals surface area contributed by atoms with Crippen molar-refractivity contribution in [1.82, 2.24) is 15.1 Å². The van der Waals surface area contributed by atoms with Gasteiger partial charge in [0.2, 0.25) is 5.91 Å². The van der Waals surface area contributed by atoms with Crippen LogP contribution in [-0.4, -0.2) is 70.0 Å². The number of imide groups is 2. The zero-order chi connectivity index (χ0) is 49.8. The Hall–Kier alpha value is -6.32. The number of hydrogen-bond donors (Lipinski definition) is 1. The van der Waals surface area contributed by atoms with Crippen molar-refractivity contribution in [3.8, 4) is 5.75 Å². The average Bonchev–Trinajstić information content (AvgIpc) is 3.88. The second-order valence-corrected chi connectivity index (χ2v) is 15.9. The molecule has 0 saturated carbocycles. The Morgan fingerprint density at radius 1 is 0.612 bits per heavy atom. The molecule has 3 fully saturated rings. The van der Waals surface area contributed by atoms with Crippen molar-refractivity contribution in [1.29, 1.82) is 0 Å². The van der Waals surface area contributed by atoms with E-state index in [-0.39, 0.29) is 29.1 Å². The van der Waals surface area contributed by atoms with E-state index in [1.54, 1.807) is 32.9 Å². The molecule has 0 spiro atoms. The summed E-state index contributed by atoms with van der Waals surface area (Å²) in [5.74, 6) is -0.604. The normalized spacial score (nSPS) is 21.5. The van der Waals surface area contributed by atoms with E-state index in [9.17, 15) is 63.5 Å². The molecule has 3 aliphatic rings. The number of alkyl carbamates (subject to hydrolysis) is 1. The molecule has 0 bridgehead atoms. The maximum atomic E-state index is 13.0. The highest BCUT2D eigenvalue weighted by molar-refractivity contribution is 9.09. The topological polar surface area (TPSA) is 141 Å². The zero-order valence-corrected chi connectivity index (χ0v) is 37.5. The predicted molar refractivity (Wildman–Crippen MR) is 222 cm³/mol. The molecule has 0 aromatic heterocycles. The zero-order valence-electron chi connectivity index (χ0n) is 35.9. The van der Waals surface area contributed by atoms with Crippen molar-refractivity contribution in [3.63, 3.8) is 0 Å². The van der Waals surface area contributed by atoms with Crippen molar-refractivity contribution < 1.29 is 82.4 Å². The van der Waals surface area contributed by atoms with Gasteiger partial charge in [0.05, 0.1) is 40.1 Å². The summed E-state index contributed by atoms with van der Waals surface area (Å²) >= 11 is 2.95. The van der Waals surface area contributed by atoms with Crippen molar-refractivity contribution in [2.75, 3.05) is 11.9 Å². The number of carbonyl (C=O) groups is 5. The summed E-state index contributed by atoms with van der Waals surface area (Å²) in [6.45, 7) is 8.14. The molecule has 4 aromatic carbocycles. The molecule has 0 radical (unpaired) electrons. The third kappa shape index (κ3) is 12.4. The summed E-state index contributed by atoms with van der Waals surface area (Å²) in [5, 5.41) is 2.41. The maximum absolute atomic E-state index is 13.0. The Balaban J connectivity index is 0.000000196. The van der Waals surface area contributed by atoms with Crippen LogP contribution in [-0.2, 0) is 42.3 Å². The summed E-state index contributed by atoms with van der Waals surface area (Å²) in [4.78, 5) is 60.9. The first-order chi connectivity index (χ1) is 31.2. The highest BCUT2D eigenvalue weighted by Crippen LogP contribution is 2.39. The molecule has 7 rings (SSSR count). The van der Waals surface area contributed by atoms with E-state index in [0.717, 1.165) is 57.3 Å². The molecule has 67 heavy (non-hydrogen) atoms. The molecule has 0 aliphatic carbocycles. The quantitative estimate of drug-likeness (QED) is 0.109. The number of hydrogen-bond acceptors (Lipinski definition) is 9. The van der Waals surface area contributed by atoms with Crippen LogP contribution in [0.4, 0.5) is 53.9 Å². The van der Waals surface area contributed by atoms with E-state index in [1.165, 1.54) is 36.4 Å². The third-order valence-corrected chi connectivity index (χ3v) is 11.2. The Bertz CT molecular complexity index is 2480. The number of amides is 5. The number of ether oxygens (including phenoxy) is 4. The van der Waals surface area contributed by atoms with Crippen LogP contribution >= 0.6 is 15.9 Å². The standard InChI is InChI=1S/C21H20F3NO4.C13H11BrF3NO3.C11H10F3NO2/c1-12-6-4-9-17(13(12)2)28-11-18(26)25-14(3)19(29-20(25)27)15-7-5-8-16(10-15)21(22,23)24;1-7-11(21-12(20)18(7)10(19)6-14)8-3-2-4-9(5-8)13(15,16)17;1-6-9(17-10(16)15-6)7-3-2-4-8(5-7)11(12,13)14/h4-10,14,19H,11H2,1-3H3;2-5,7,11H,6H2,1H3;2-6,9H,1H3,(H,15,16)/t14-,19-;7-,11-;6-,9-/m000/s1. The van der Waals surface area contributed by atoms with Gasteiger partial charge in [-0.2, -0.15) is 39.5 Å². The van der Waals surface area contributed by atoms with E-state index < -0.39 is 95.7 Å². The number of nitrogens with one attached hydrogen (secondary N) is 1. The fourth-order valence-electron chi connectivity index (χ4n) is 7.18. The number of nitrogens with zero attached hydrogens (tertiary/aromatic N) is 2. The third-order valence-electron chi connectivity index (χ3n) is 10.8. The minimum atomic E-state index is -4.52. The van der Waals surface area contributed by atoms with Gasteiger partial charge in [0.1, 0.15) is 24.1 Å². The molecule has 5 amide bonds. The molecule has 3 saturated heterocycles. The number of cyclic esters (lactones) is 3. The average molecular weight is 1020 g/mol. The number of benzene rings is 4. The van der Waals surface area contributed by atoms with Crippen LogP contribution < -0.4 is 10.1 Å². The van der Waals surface area contributed by atoms with Gasteiger partial charge in [-0.05, 0) is 105 Å². The van der Waals surface area contributed by atoms with E-state index >= 15 is 0 Å². The van der Waals surface area contributed by atoms with Crippen molar-refractivity contribution in [3.05, 3.63) is 136 Å². The highest BCUT2D eigenvalue weighted by atomic mass is 79.9. The largest absolute Gasteiger partial charge is 0.483 e. The fraction of sp³-hybridized carbons (Fsp3) is 0.356. The second-order valence-electron chi connectivity index (χ2n) is 15.4. The van der Waals surface area contributed by atoms with Gasteiger partial charge < -0.3 is 24.3 Å². The molecule has 0 unspecified atom stereocenters. The van der Waals surface area contributed by atoms with Gasteiger partial charge in [0, 0.05) is 0 Å². The van der Waals surface area contributed by atoms with E-state index in [1.807, 2.05) is 19.9 Å². The van der Waals surface area contributed by atoms with Crippen LogP contribution in [0.25, 0.3) is 0 Å². The van der Waals surface area contributed by atoms with Gasteiger partial charge in [0.25, 0.3) is 5.91 Å². The highest BCUT2D eigenvalue weighted by Gasteiger charge is 2.45. The van der Waals surface area contributed by atoms with Crippen molar-refractivity contribution in [2.24, 2.45) is 0 Å². The number of aryl methyl sites for hydroxylation is 1.